The minimum atomic E-state index is -0.589. The van der Waals surface area contributed by atoms with Gasteiger partial charge in [0.25, 0.3) is 11.8 Å². The molecule has 144 valence electrons. The number of methoxy groups -OCH3 is 1. The molecule has 0 saturated carbocycles. The summed E-state index contributed by atoms with van der Waals surface area (Å²) in [5.74, 6) is -0.571. The van der Waals surface area contributed by atoms with Crippen LogP contribution in [0.15, 0.2) is 51.7 Å². The summed E-state index contributed by atoms with van der Waals surface area (Å²) in [6.07, 6.45) is 0. The van der Waals surface area contributed by atoms with Crippen molar-refractivity contribution in [3.8, 4) is 5.75 Å². The van der Waals surface area contributed by atoms with Crippen LogP contribution < -0.4 is 15.5 Å². The molecule has 0 aliphatic carbocycles. The molecule has 7 nitrogen and oxygen atoms in total. The second-order valence-corrected chi connectivity index (χ2v) is 6.54. The van der Waals surface area contributed by atoms with Gasteiger partial charge in [-0.05, 0) is 42.8 Å². The van der Waals surface area contributed by atoms with Gasteiger partial charge >= 0.3 is 0 Å². The number of amides is 2. The third kappa shape index (κ3) is 3.73. The Morgan fingerprint density at radius 1 is 1.07 bits per heavy atom. The molecule has 3 aromatic rings. The first kappa shape index (κ1) is 19.2. The quantitative estimate of drug-likeness (QED) is 0.751. The topological polar surface area (TPSA) is 88.8 Å². The lowest BCUT2D eigenvalue weighted by Crippen LogP contribution is -2.22. The lowest BCUT2D eigenvalue weighted by atomic mass is 10.1. The molecule has 2 aromatic carbocycles. The molecular formula is C21H20N2O5. The third-order valence-electron chi connectivity index (χ3n) is 4.20. The Kier molecular flexibility index (Phi) is 5.17. The van der Waals surface area contributed by atoms with E-state index in [4.69, 9.17) is 9.15 Å². The fourth-order valence-electron chi connectivity index (χ4n) is 2.76. The molecule has 1 heterocycles. The van der Waals surface area contributed by atoms with Crippen LogP contribution in [0, 0.1) is 6.92 Å². The van der Waals surface area contributed by atoms with E-state index in [1.807, 2.05) is 6.92 Å². The summed E-state index contributed by atoms with van der Waals surface area (Å²) in [7, 11) is 4.71. The maximum absolute atomic E-state index is 12.6. The molecule has 1 N–H and O–H groups in total. The number of rotatable bonds is 4. The van der Waals surface area contributed by atoms with Gasteiger partial charge in [-0.15, -0.1) is 0 Å². The van der Waals surface area contributed by atoms with Crippen LogP contribution in [0.25, 0.3) is 11.0 Å². The lowest BCUT2D eigenvalue weighted by molar-refractivity contribution is 0.0824. The van der Waals surface area contributed by atoms with Crippen LogP contribution in [-0.4, -0.2) is 37.9 Å². The van der Waals surface area contributed by atoms with E-state index >= 15 is 0 Å². The summed E-state index contributed by atoms with van der Waals surface area (Å²) in [4.78, 5) is 38.6. The fraction of sp³-hybridized carbons (Fsp3) is 0.190. The average Bonchev–Trinajstić information content (AvgIpc) is 2.66. The maximum atomic E-state index is 12.6. The summed E-state index contributed by atoms with van der Waals surface area (Å²) < 4.78 is 10.8. The van der Waals surface area contributed by atoms with E-state index < -0.39 is 5.91 Å². The molecule has 0 spiro atoms. The molecule has 0 unspecified atom stereocenters. The molecule has 7 heteroatoms. The van der Waals surface area contributed by atoms with Gasteiger partial charge in [0.1, 0.15) is 11.3 Å². The monoisotopic (exact) mass is 380 g/mol. The molecule has 28 heavy (non-hydrogen) atoms. The molecule has 1 aromatic heterocycles. The first-order chi connectivity index (χ1) is 13.3. The summed E-state index contributed by atoms with van der Waals surface area (Å²) >= 11 is 0. The normalized spacial score (nSPS) is 10.6. The number of anilines is 1. The van der Waals surface area contributed by atoms with Crippen molar-refractivity contribution in [3.05, 3.63) is 69.6 Å². The fourth-order valence-corrected chi connectivity index (χ4v) is 2.76. The SMILES string of the molecule is COc1ccc(NC(=O)c2cc(=O)c3ccc(C)cc3o2)cc1C(=O)N(C)C. The van der Waals surface area contributed by atoms with Crippen molar-refractivity contribution in [2.75, 3.05) is 26.5 Å². The van der Waals surface area contributed by atoms with Gasteiger partial charge in [-0.2, -0.15) is 0 Å². The number of hydrogen-bond acceptors (Lipinski definition) is 5. The molecule has 0 fully saturated rings. The number of benzene rings is 2. The highest BCUT2D eigenvalue weighted by atomic mass is 16.5. The van der Waals surface area contributed by atoms with Crippen LogP contribution in [0.3, 0.4) is 0 Å². The largest absolute Gasteiger partial charge is 0.496 e. The zero-order chi connectivity index (χ0) is 20.4. The van der Waals surface area contributed by atoms with Crippen molar-refractivity contribution in [3.63, 3.8) is 0 Å². The van der Waals surface area contributed by atoms with Crippen molar-refractivity contribution < 1.29 is 18.7 Å². The van der Waals surface area contributed by atoms with Crippen LogP contribution >= 0.6 is 0 Å². The number of hydrogen-bond donors (Lipinski definition) is 1. The van der Waals surface area contributed by atoms with E-state index in [-0.39, 0.29) is 17.1 Å². The number of ether oxygens (including phenoxy) is 1. The van der Waals surface area contributed by atoms with E-state index in [2.05, 4.69) is 5.32 Å². The molecular weight excluding hydrogens is 360 g/mol. The van der Waals surface area contributed by atoms with E-state index in [1.54, 1.807) is 44.4 Å². The minimum Gasteiger partial charge on any atom is -0.496 e. The number of nitrogens with one attached hydrogen (secondary N) is 1. The maximum Gasteiger partial charge on any atom is 0.291 e. The van der Waals surface area contributed by atoms with E-state index in [1.165, 1.54) is 18.1 Å². The number of carbonyl (C=O) groups excluding carboxylic acids is 2. The number of fused-ring (bicyclic) bond motifs is 1. The zero-order valence-corrected chi connectivity index (χ0v) is 16.0. The van der Waals surface area contributed by atoms with Crippen LogP contribution in [-0.2, 0) is 0 Å². The molecule has 2 amide bonds. The minimum absolute atomic E-state index is 0.112. The Morgan fingerprint density at radius 3 is 2.50 bits per heavy atom. The molecule has 3 rings (SSSR count). The van der Waals surface area contributed by atoms with Crippen molar-refractivity contribution in [2.45, 2.75) is 6.92 Å². The van der Waals surface area contributed by atoms with Crippen LogP contribution in [0.2, 0.25) is 0 Å². The third-order valence-corrected chi connectivity index (χ3v) is 4.20. The van der Waals surface area contributed by atoms with Gasteiger partial charge in [-0.3, -0.25) is 14.4 Å². The number of aryl methyl sites for hydroxylation is 1. The Hall–Kier alpha value is -3.61. The lowest BCUT2D eigenvalue weighted by Gasteiger charge is -2.15. The molecule has 0 aliphatic rings. The zero-order valence-electron chi connectivity index (χ0n) is 16.0. The van der Waals surface area contributed by atoms with E-state index in [9.17, 15) is 14.4 Å². The molecule has 0 atom stereocenters. The highest BCUT2D eigenvalue weighted by molar-refractivity contribution is 6.04. The predicted octanol–water partition coefficient (Wildman–Crippen LogP) is 3.06. The van der Waals surface area contributed by atoms with Gasteiger partial charge < -0.3 is 19.4 Å². The summed E-state index contributed by atoms with van der Waals surface area (Å²) in [6.45, 7) is 1.87. The number of carbonyl (C=O) groups is 2. The van der Waals surface area contributed by atoms with Crippen molar-refractivity contribution >= 4 is 28.5 Å². The van der Waals surface area contributed by atoms with Crippen molar-refractivity contribution in [1.29, 1.82) is 0 Å². The van der Waals surface area contributed by atoms with Gasteiger partial charge in [-0.25, -0.2) is 0 Å². The molecule has 0 radical (unpaired) electrons. The smallest absolute Gasteiger partial charge is 0.291 e. The van der Waals surface area contributed by atoms with Crippen molar-refractivity contribution in [1.82, 2.24) is 4.90 Å². The highest BCUT2D eigenvalue weighted by Crippen LogP contribution is 2.24. The predicted molar refractivity (Wildman–Crippen MR) is 106 cm³/mol. The van der Waals surface area contributed by atoms with Crippen LogP contribution in [0.5, 0.6) is 5.75 Å². The van der Waals surface area contributed by atoms with Gasteiger partial charge in [0.05, 0.1) is 18.1 Å². The Morgan fingerprint density at radius 2 is 1.82 bits per heavy atom. The van der Waals surface area contributed by atoms with Crippen LogP contribution in [0.4, 0.5) is 5.69 Å². The Balaban J connectivity index is 1.95. The van der Waals surface area contributed by atoms with Crippen molar-refractivity contribution in [2.24, 2.45) is 0 Å². The van der Waals surface area contributed by atoms with Gasteiger partial charge in [0.15, 0.2) is 11.2 Å². The Bertz CT molecular complexity index is 1130. The van der Waals surface area contributed by atoms with Gasteiger partial charge in [0.2, 0.25) is 0 Å². The molecule has 0 bridgehead atoms. The van der Waals surface area contributed by atoms with E-state index in [0.29, 0.717) is 28.0 Å². The summed E-state index contributed by atoms with van der Waals surface area (Å²) in [6, 6.07) is 11.0. The van der Waals surface area contributed by atoms with Crippen LogP contribution in [0.1, 0.15) is 26.5 Å². The molecule has 0 aliphatic heterocycles. The van der Waals surface area contributed by atoms with E-state index in [0.717, 1.165) is 11.6 Å². The highest BCUT2D eigenvalue weighted by Gasteiger charge is 2.17. The summed E-state index contributed by atoms with van der Waals surface area (Å²) in [5, 5.41) is 3.06. The average molecular weight is 380 g/mol. The molecule has 0 saturated heterocycles. The summed E-state index contributed by atoms with van der Waals surface area (Å²) in [5.41, 5.74) is 1.64. The first-order valence-electron chi connectivity index (χ1n) is 8.55. The first-order valence-corrected chi connectivity index (χ1v) is 8.55. The van der Waals surface area contributed by atoms with Gasteiger partial charge in [0, 0.05) is 25.8 Å². The Labute approximate surface area is 161 Å². The standard InChI is InChI=1S/C21H20N2O5/c1-12-5-7-14-16(24)11-19(28-18(14)9-12)20(25)22-13-6-8-17(27-4)15(10-13)21(26)23(2)3/h5-11H,1-4H3,(H,22,25). The second-order valence-electron chi connectivity index (χ2n) is 6.54. The second kappa shape index (κ2) is 7.56. The van der Waals surface area contributed by atoms with Gasteiger partial charge in [-0.1, -0.05) is 6.07 Å². The number of nitrogens with zero attached hydrogens (tertiary/aromatic N) is 1.